The van der Waals surface area contributed by atoms with Crippen LogP contribution in [0, 0.1) is 5.21 Å². The lowest BCUT2D eigenvalue weighted by atomic mass is 10.0. The Morgan fingerprint density at radius 1 is 1.33 bits per heavy atom. The van der Waals surface area contributed by atoms with Crippen LogP contribution in [0.2, 0.25) is 0 Å². The van der Waals surface area contributed by atoms with Crippen LogP contribution in [0.5, 0.6) is 0 Å². The third kappa shape index (κ3) is 2.87. The van der Waals surface area contributed by atoms with Gasteiger partial charge >= 0.3 is 0 Å². The first-order valence-electron chi connectivity index (χ1n) is 4.69. The van der Waals surface area contributed by atoms with E-state index in [-0.39, 0.29) is 5.78 Å². The lowest BCUT2D eigenvalue weighted by Crippen LogP contribution is -2.28. The zero-order valence-electron chi connectivity index (χ0n) is 9.10. The summed E-state index contributed by atoms with van der Waals surface area (Å²) in [5.74, 6) is -0.140. The van der Waals surface area contributed by atoms with Crippen LogP contribution in [0.3, 0.4) is 0 Å². The Hall–Kier alpha value is -1.71. The number of hydrogen-bond acceptors (Lipinski definition) is 3. The quantitative estimate of drug-likeness (QED) is 0.433. The van der Waals surface area contributed by atoms with E-state index in [0.717, 1.165) is 0 Å². The van der Waals surface area contributed by atoms with Crippen molar-refractivity contribution in [2.75, 3.05) is 0 Å². The first-order chi connectivity index (χ1) is 6.93. The SMILES string of the molecule is CC(=O)C(C)(C)N=[N+]([O-])c1ccccc1. The molecule has 1 aromatic carbocycles. The first-order valence-corrected chi connectivity index (χ1v) is 4.69. The number of ketones is 1. The van der Waals surface area contributed by atoms with Crippen molar-refractivity contribution in [1.29, 1.82) is 0 Å². The molecule has 0 unspecified atom stereocenters. The molecule has 80 valence electrons. The normalized spacial score (nSPS) is 12.6. The maximum Gasteiger partial charge on any atom is 0.244 e. The van der Waals surface area contributed by atoms with E-state index >= 15 is 0 Å². The summed E-state index contributed by atoms with van der Waals surface area (Å²) in [6.45, 7) is 4.65. The molecule has 0 aliphatic carbocycles. The number of hydrogen-bond donors (Lipinski definition) is 0. The Kier molecular flexibility index (Phi) is 3.19. The van der Waals surface area contributed by atoms with E-state index in [9.17, 15) is 10.0 Å². The molecule has 0 radical (unpaired) electrons. The minimum absolute atomic E-state index is 0.140. The smallest absolute Gasteiger partial charge is 0.244 e. The summed E-state index contributed by atoms with van der Waals surface area (Å²) in [6, 6.07) is 8.60. The van der Waals surface area contributed by atoms with E-state index in [1.807, 2.05) is 6.07 Å². The van der Waals surface area contributed by atoms with Crippen LogP contribution in [0.15, 0.2) is 35.4 Å². The summed E-state index contributed by atoms with van der Waals surface area (Å²) < 4.78 is 0. The van der Waals surface area contributed by atoms with Crippen LogP contribution in [-0.2, 0) is 4.79 Å². The Labute approximate surface area is 88.8 Å². The van der Waals surface area contributed by atoms with Gasteiger partial charge in [0.2, 0.25) is 5.69 Å². The average Bonchev–Trinajstić information content (AvgIpc) is 2.18. The molecule has 4 heteroatoms. The third-order valence-electron chi connectivity index (χ3n) is 2.18. The molecule has 4 nitrogen and oxygen atoms in total. The molecule has 0 fully saturated rings. The standard InChI is InChI=1S/C11H14N2O2/c1-9(14)11(2,3)12-13(15)10-7-5-4-6-8-10/h4-8H,1-3H3. The van der Waals surface area contributed by atoms with E-state index in [1.165, 1.54) is 6.92 Å². The molecule has 0 saturated heterocycles. The summed E-state index contributed by atoms with van der Waals surface area (Å²) in [5, 5.41) is 15.4. The van der Waals surface area contributed by atoms with Crippen molar-refractivity contribution >= 4 is 11.5 Å². The van der Waals surface area contributed by atoms with Crippen molar-refractivity contribution in [3.05, 3.63) is 35.5 Å². The molecule has 1 rings (SSSR count). The lowest BCUT2D eigenvalue weighted by molar-refractivity contribution is -0.448. The Morgan fingerprint density at radius 3 is 2.33 bits per heavy atom. The Balaban J connectivity index is 3.00. The van der Waals surface area contributed by atoms with Crippen molar-refractivity contribution in [3.63, 3.8) is 0 Å². The monoisotopic (exact) mass is 206 g/mol. The molecule has 0 aliphatic rings. The number of rotatable bonds is 3. The highest BCUT2D eigenvalue weighted by Crippen LogP contribution is 2.16. The van der Waals surface area contributed by atoms with Gasteiger partial charge in [-0.3, -0.25) is 4.79 Å². The summed E-state index contributed by atoms with van der Waals surface area (Å²) in [6.07, 6.45) is 0. The highest BCUT2D eigenvalue weighted by Gasteiger charge is 2.27. The first kappa shape index (κ1) is 11.4. The lowest BCUT2D eigenvalue weighted by Gasteiger charge is -2.12. The second-order valence-electron chi connectivity index (χ2n) is 3.82. The van der Waals surface area contributed by atoms with E-state index < -0.39 is 5.54 Å². The van der Waals surface area contributed by atoms with Crippen molar-refractivity contribution in [3.8, 4) is 0 Å². The van der Waals surface area contributed by atoms with Crippen LogP contribution in [-0.4, -0.2) is 16.2 Å². The molecule has 0 heterocycles. The fraction of sp³-hybridized carbons (Fsp3) is 0.364. The minimum atomic E-state index is -0.975. The molecular weight excluding hydrogens is 192 g/mol. The van der Waals surface area contributed by atoms with Crippen LogP contribution < -0.4 is 0 Å². The second kappa shape index (κ2) is 4.21. The van der Waals surface area contributed by atoms with E-state index in [2.05, 4.69) is 5.11 Å². The van der Waals surface area contributed by atoms with Gasteiger partial charge in [0.15, 0.2) is 11.3 Å². The van der Waals surface area contributed by atoms with Gasteiger partial charge in [-0.1, -0.05) is 23.1 Å². The minimum Gasteiger partial charge on any atom is -0.594 e. The van der Waals surface area contributed by atoms with Gasteiger partial charge in [0, 0.05) is 12.1 Å². The third-order valence-corrected chi connectivity index (χ3v) is 2.18. The summed E-state index contributed by atoms with van der Waals surface area (Å²) in [7, 11) is 0. The van der Waals surface area contributed by atoms with E-state index in [0.29, 0.717) is 10.5 Å². The fourth-order valence-electron chi connectivity index (χ4n) is 0.911. The second-order valence-corrected chi connectivity index (χ2v) is 3.82. The maximum atomic E-state index is 11.6. The van der Waals surface area contributed by atoms with Gasteiger partial charge in [-0.25, -0.2) is 0 Å². The van der Waals surface area contributed by atoms with Crippen LogP contribution in [0.25, 0.3) is 0 Å². The number of benzene rings is 1. The van der Waals surface area contributed by atoms with Crippen molar-refractivity contribution < 1.29 is 9.66 Å². The van der Waals surface area contributed by atoms with Gasteiger partial charge in [0.1, 0.15) is 0 Å². The molecule has 0 N–H and O–H groups in total. The van der Waals surface area contributed by atoms with Crippen molar-refractivity contribution in [2.45, 2.75) is 26.3 Å². The molecular formula is C11H14N2O2. The predicted octanol–water partition coefficient (Wildman–Crippen LogP) is 2.65. The molecule has 0 amide bonds. The topological polar surface area (TPSA) is 55.5 Å². The zero-order valence-corrected chi connectivity index (χ0v) is 9.10. The van der Waals surface area contributed by atoms with Crippen LogP contribution >= 0.6 is 0 Å². The van der Waals surface area contributed by atoms with E-state index in [4.69, 9.17) is 0 Å². The average molecular weight is 206 g/mol. The van der Waals surface area contributed by atoms with Gasteiger partial charge in [-0.15, -0.1) is 0 Å². The largest absolute Gasteiger partial charge is 0.594 e. The summed E-state index contributed by atoms with van der Waals surface area (Å²) in [4.78, 5) is 11.7. The van der Waals surface area contributed by atoms with Crippen LogP contribution in [0.1, 0.15) is 20.8 Å². The maximum absolute atomic E-state index is 11.6. The molecule has 0 aromatic heterocycles. The number of nitrogens with zero attached hydrogens (tertiary/aromatic N) is 2. The predicted molar refractivity (Wildman–Crippen MR) is 56.9 cm³/mol. The highest BCUT2D eigenvalue weighted by atomic mass is 16.5. The molecule has 0 aliphatic heterocycles. The molecule has 0 spiro atoms. The molecule has 0 bridgehead atoms. The number of para-hydroxylation sites is 1. The molecule has 15 heavy (non-hydrogen) atoms. The Morgan fingerprint density at radius 2 is 1.87 bits per heavy atom. The number of carbonyl (C=O) groups excluding carboxylic acids is 1. The van der Waals surface area contributed by atoms with Gasteiger partial charge in [-0.2, -0.15) is 0 Å². The highest BCUT2D eigenvalue weighted by molar-refractivity contribution is 5.85. The number of azo groups is 1. The molecule has 0 saturated carbocycles. The van der Waals surface area contributed by atoms with Gasteiger partial charge in [-0.05, 0) is 25.9 Å². The Bertz CT molecular complexity index is 383. The van der Waals surface area contributed by atoms with Crippen molar-refractivity contribution in [2.24, 2.45) is 5.11 Å². The fourth-order valence-corrected chi connectivity index (χ4v) is 0.911. The molecule has 1 aromatic rings. The van der Waals surface area contributed by atoms with Gasteiger partial charge in [0.05, 0.1) is 0 Å². The van der Waals surface area contributed by atoms with Crippen molar-refractivity contribution in [1.82, 2.24) is 0 Å². The summed E-state index contributed by atoms with van der Waals surface area (Å²) in [5.41, 5.74) is -0.552. The molecule has 0 atom stereocenters. The van der Waals surface area contributed by atoms with Crippen LogP contribution in [0.4, 0.5) is 5.69 Å². The van der Waals surface area contributed by atoms with Gasteiger partial charge in [0.25, 0.3) is 0 Å². The van der Waals surface area contributed by atoms with Gasteiger partial charge < -0.3 is 5.21 Å². The number of carbonyl (C=O) groups is 1. The number of Topliss-reactive ketones (excluding diaryl/α,β-unsaturated/α-hetero) is 1. The van der Waals surface area contributed by atoms with E-state index in [1.54, 1.807) is 38.1 Å². The summed E-state index contributed by atoms with van der Waals surface area (Å²) >= 11 is 0. The zero-order chi connectivity index (χ0) is 11.5.